The fourth-order valence-electron chi connectivity index (χ4n) is 2.52. The van der Waals surface area contributed by atoms with E-state index in [9.17, 15) is 4.79 Å². The number of carbonyl (C=O) groups is 1. The van der Waals surface area contributed by atoms with Gasteiger partial charge in [-0.15, -0.1) is 0 Å². The third-order valence-corrected chi connectivity index (χ3v) is 3.97. The van der Waals surface area contributed by atoms with Crippen molar-refractivity contribution in [3.63, 3.8) is 0 Å². The van der Waals surface area contributed by atoms with Crippen LogP contribution in [0.5, 0.6) is 5.88 Å². The van der Waals surface area contributed by atoms with Gasteiger partial charge in [-0.2, -0.15) is 0 Å². The van der Waals surface area contributed by atoms with Gasteiger partial charge < -0.3 is 10.1 Å². The highest BCUT2D eigenvalue weighted by atomic mass is 16.5. The van der Waals surface area contributed by atoms with Gasteiger partial charge in [0.25, 0.3) is 0 Å². The summed E-state index contributed by atoms with van der Waals surface area (Å²) in [5.74, 6) is 0.392. The summed E-state index contributed by atoms with van der Waals surface area (Å²) < 4.78 is 6.17. The van der Waals surface area contributed by atoms with Gasteiger partial charge in [0.15, 0.2) is 6.10 Å². The second-order valence-electron chi connectivity index (χ2n) is 6.35. The van der Waals surface area contributed by atoms with Crippen molar-refractivity contribution in [1.29, 1.82) is 0 Å². The first-order valence-electron chi connectivity index (χ1n) is 8.67. The highest BCUT2D eigenvalue weighted by Crippen LogP contribution is 2.27. The number of anilines is 1. The largest absolute Gasteiger partial charge is 0.465 e. The molecule has 1 N–H and O–H groups in total. The molecular weight excluding hydrogens is 324 g/mol. The zero-order chi connectivity index (χ0) is 18.4. The van der Waals surface area contributed by atoms with Crippen LogP contribution in [0.15, 0.2) is 79.0 Å². The minimum absolute atomic E-state index is 0.0353. The van der Waals surface area contributed by atoms with Gasteiger partial charge in [-0.05, 0) is 17.2 Å². The fourth-order valence-corrected chi connectivity index (χ4v) is 2.52. The Bertz CT molecular complexity index is 792. The van der Waals surface area contributed by atoms with E-state index in [4.69, 9.17) is 4.74 Å². The number of pyridine rings is 1. The van der Waals surface area contributed by atoms with Gasteiger partial charge in [0.05, 0.1) is 11.9 Å². The Kier molecular flexibility index (Phi) is 5.64. The maximum Gasteiger partial charge on any atom is 0.226 e. The van der Waals surface area contributed by atoms with E-state index in [1.165, 1.54) is 0 Å². The van der Waals surface area contributed by atoms with Crippen molar-refractivity contribution in [1.82, 2.24) is 4.98 Å². The Morgan fingerprint density at radius 1 is 0.885 bits per heavy atom. The van der Waals surface area contributed by atoms with E-state index in [0.29, 0.717) is 11.6 Å². The molecule has 1 heterocycles. The van der Waals surface area contributed by atoms with Crippen LogP contribution in [-0.2, 0) is 4.79 Å². The molecular formula is C22H22N2O2. The molecule has 3 aromatic rings. The Hall–Kier alpha value is -3.14. The average Bonchev–Trinajstić information content (AvgIpc) is 2.68. The summed E-state index contributed by atoms with van der Waals surface area (Å²) in [4.78, 5) is 16.1. The van der Waals surface area contributed by atoms with Gasteiger partial charge in [-0.1, -0.05) is 74.5 Å². The van der Waals surface area contributed by atoms with Crippen LogP contribution >= 0.6 is 0 Å². The molecule has 0 aliphatic carbocycles. The number of carbonyl (C=O) groups excluding carboxylic acids is 1. The number of aromatic nitrogens is 1. The van der Waals surface area contributed by atoms with E-state index >= 15 is 0 Å². The van der Waals surface area contributed by atoms with Gasteiger partial charge in [-0.25, -0.2) is 4.98 Å². The topological polar surface area (TPSA) is 51.2 Å². The molecule has 2 aromatic carbocycles. The van der Waals surface area contributed by atoms with Crippen LogP contribution in [-0.4, -0.2) is 10.9 Å². The molecule has 0 aliphatic rings. The molecule has 0 atom stereocenters. The predicted octanol–water partition coefficient (Wildman–Crippen LogP) is 4.84. The van der Waals surface area contributed by atoms with E-state index in [1.807, 2.05) is 74.5 Å². The Morgan fingerprint density at radius 3 is 1.92 bits per heavy atom. The molecule has 4 heteroatoms. The zero-order valence-corrected chi connectivity index (χ0v) is 14.9. The SMILES string of the molecule is CC(C)C(=O)Nc1ccc(OC(c2ccccc2)c2ccccc2)nc1. The molecule has 0 fully saturated rings. The molecule has 1 aromatic heterocycles. The summed E-state index contributed by atoms with van der Waals surface area (Å²) in [7, 11) is 0. The monoisotopic (exact) mass is 346 g/mol. The number of nitrogens with one attached hydrogen (secondary N) is 1. The first-order valence-corrected chi connectivity index (χ1v) is 8.67. The van der Waals surface area contributed by atoms with Crippen LogP contribution in [0.2, 0.25) is 0 Å². The number of ether oxygens (including phenoxy) is 1. The third-order valence-electron chi connectivity index (χ3n) is 3.97. The molecule has 0 saturated heterocycles. The van der Waals surface area contributed by atoms with Crippen LogP contribution in [0.3, 0.4) is 0 Å². The van der Waals surface area contributed by atoms with Crippen LogP contribution < -0.4 is 10.1 Å². The number of amides is 1. The molecule has 3 rings (SSSR count). The first kappa shape index (κ1) is 17.7. The summed E-state index contributed by atoms with van der Waals surface area (Å²) in [5, 5.41) is 2.83. The van der Waals surface area contributed by atoms with Gasteiger partial charge >= 0.3 is 0 Å². The van der Waals surface area contributed by atoms with Gasteiger partial charge in [0.2, 0.25) is 11.8 Å². The highest BCUT2D eigenvalue weighted by molar-refractivity contribution is 5.91. The van der Waals surface area contributed by atoms with E-state index in [1.54, 1.807) is 18.3 Å². The Balaban J connectivity index is 1.80. The van der Waals surface area contributed by atoms with Crippen LogP contribution in [0, 0.1) is 5.92 Å². The fraction of sp³-hybridized carbons (Fsp3) is 0.182. The highest BCUT2D eigenvalue weighted by Gasteiger charge is 2.16. The summed E-state index contributed by atoms with van der Waals surface area (Å²) in [6.45, 7) is 3.70. The number of benzene rings is 2. The standard InChI is InChI=1S/C22H22N2O2/c1-16(2)22(25)24-19-13-14-20(23-15-19)26-21(17-9-5-3-6-10-17)18-11-7-4-8-12-18/h3-16,21H,1-2H3,(H,24,25). The maximum absolute atomic E-state index is 11.8. The van der Waals surface area contributed by atoms with Crippen LogP contribution in [0.4, 0.5) is 5.69 Å². The lowest BCUT2D eigenvalue weighted by Gasteiger charge is -2.19. The third kappa shape index (κ3) is 4.48. The number of hydrogen-bond donors (Lipinski definition) is 1. The van der Waals surface area contributed by atoms with E-state index < -0.39 is 0 Å². The van der Waals surface area contributed by atoms with Crippen molar-refractivity contribution in [2.75, 3.05) is 5.32 Å². The van der Waals surface area contributed by atoms with Crippen molar-refractivity contribution in [2.45, 2.75) is 20.0 Å². The zero-order valence-electron chi connectivity index (χ0n) is 14.9. The number of rotatable bonds is 6. The molecule has 0 radical (unpaired) electrons. The van der Waals surface area contributed by atoms with E-state index in [0.717, 1.165) is 11.1 Å². The quantitative estimate of drug-likeness (QED) is 0.694. The Labute approximate surface area is 153 Å². The van der Waals surface area contributed by atoms with Crippen molar-refractivity contribution in [3.8, 4) is 5.88 Å². The Morgan fingerprint density at radius 2 is 1.46 bits per heavy atom. The molecule has 1 amide bonds. The predicted molar refractivity (Wildman–Crippen MR) is 103 cm³/mol. The summed E-state index contributed by atoms with van der Waals surface area (Å²) >= 11 is 0. The molecule has 0 aliphatic heterocycles. The van der Waals surface area contributed by atoms with Crippen LogP contribution in [0.25, 0.3) is 0 Å². The average molecular weight is 346 g/mol. The maximum atomic E-state index is 11.8. The van der Waals surface area contributed by atoms with Crippen molar-refractivity contribution in [2.24, 2.45) is 5.92 Å². The van der Waals surface area contributed by atoms with E-state index in [-0.39, 0.29) is 17.9 Å². The summed E-state index contributed by atoms with van der Waals surface area (Å²) in [5.41, 5.74) is 2.77. The summed E-state index contributed by atoms with van der Waals surface area (Å²) in [6.07, 6.45) is 1.36. The summed E-state index contributed by atoms with van der Waals surface area (Å²) in [6, 6.07) is 23.7. The van der Waals surface area contributed by atoms with Crippen molar-refractivity contribution >= 4 is 11.6 Å². The van der Waals surface area contributed by atoms with Gasteiger partial charge in [0, 0.05) is 12.0 Å². The second kappa shape index (κ2) is 8.30. The van der Waals surface area contributed by atoms with Crippen molar-refractivity contribution in [3.05, 3.63) is 90.1 Å². The lowest BCUT2D eigenvalue weighted by Crippen LogP contribution is -2.17. The van der Waals surface area contributed by atoms with Crippen molar-refractivity contribution < 1.29 is 9.53 Å². The molecule has 0 bridgehead atoms. The van der Waals surface area contributed by atoms with Crippen LogP contribution in [0.1, 0.15) is 31.1 Å². The smallest absolute Gasteiger partial charge is 0.226 e. The molecule has 0 spiro atoms. The van der Waals surface area contributed by atoms with E-state index in [2.05, 4.69) is 10.3 Å². The molecule has 132 valence electrons. The minimum Gasteiger partial charge on any atom is -0.465 e. The van der Waals surface area contributed by atoms with Gasteiger partial charge in [0.1, 0.15) is 0 Å². The minimum atomic E-state index is -0.249. The lowest BCUT2D eigenvalue weighted by atomic mass is 10.0. The second-order valence-corrected chi connectivity index (χ2v) is 6.35. The molecule has 26 heavy (non-hydrogen) atoms. The molecule has 4 nitrogen and oxygen atoms in total. The van der Waals surface area contributed by atoms with Gasteiger partial charge in [-0.3, -0.25) is 4.79 Å². The molecule has 0 unspecified atom stereocenters. The normalized spacial score (nSPS) is 10.8. The number of hydrogen-bond acceptors (Lipinski definition) is 3. The first-order chi connectivity index (χ1) is 12.6. The molecule has 0 saturated carbocycles. The number of nitrogens with zero attached hydrogens (tertiary/aromatic N) is 1. The lowest BCUT2D eigenvalue weighted by molar-refractivity contribution is -0.118.